The van der Waals surface area contributed by atoms with E-state index < -0.39 is 6.04 Å². The summed E-state index contributed by atoms with van der Waals surface area (Å²) in [6.07, 6.45) is 1.51. The van der Waals surface area contributed by atoms with E-state index in [9.17, 15) is 9.59 Å². The van der Waals surface area contributed by atoms with E-state index in [1.54, 1.807) is 7.11 Å². The highest BCUT2D eigenvalue weighted by Crippen LogP contribution is 2.22. The fraction of sp³-hybridized carbons (Fsp3) is 0.467. The second-order valence-electron chi connectivity index (χ2n) is 5.07. The van der Waals surface area contributed by atoms with Gasteiger partial charge >= 0.3 is 6.03 Å². The normalized spacial score (nSPS) is 18.0. The average Bonchev–Trinajstić information content (AvgIpc) is 2.75. The second-order valence-corrected chi connectivity index (χ2v) is 5.07. The number of nitrogens with one attached hydrogen (secondary N) is 1. The first-order valence-electron chi connectivity index (χ1n) is 7.08. The van der Waals surface area contributed by atoms with Crippen LogP contribution in [0.1, 0.15) is 30.9 Å². The van der Waals surface area contributed by atoms with Gasteiger partial charge in [-0.3, -0.25) is 9.69 Å². The molecule has 1 aromatic carbocycles. The zero-order valence-corrected chi connectivity index (χ0v) is 12.4. The van der Waals surface area contributed by atoms with Crippen LogP contribution >= 0.6 is 0 Å². The summed E-state index contributed by atoms with van der Waals surface area (Å²) < 4.78 is 5.27. The van der Waals surface area contributed by atoms with Gasteiger partial charge in [0, 0.05) is 12.1 Å². The third-order valence-corrected chi connectivity index (χ3v) is 3.60. The van der Waals surface area contributed by atoms with Crippen LogP contribution in [0.5, 0.6) is 5.75 Å². The topological polar surface area (TPSA) is 84.7 Å². The van der Waals surface area contributed by atoms with Gasteiger partial charge in [0.2, 0.25) is 0 Å². The molecular weight excluding hydrogens is 270 g/mol. The second kappa shape index (κ2) is 6.58. The van der Waals surface area contributed by atoms with Crippen molar-refractivity contribution in [3.05, 3.63) is 29.3 Å². The molecule has 1 fully saturated rings. The SMILES string of the molecule is CCCC1NC(=O)N(Cc2ccc(CN)c(OC)c2)C1=O. The highest BCUT2D eigenvalue weighted by molar-refractivity contribution is 6.04. The lowest BCUT2D eigenvalue weighted by molar-refractivity contribution is -0.128. The molecule has 114 valence electrons. The first-order chi connectivity index (χ1) is 10.1. The number of urea groups is 1. The van der Waals surface area contributed by atoms with Crippen LogP contribution < -0.4 is 15.8 Å². The van der Waals surface area contributed by atoms with E-state index >= 15 is 0 Å². The van der Waals surface area contributed by atoms with Gasteiger partial charge in [-0.1, -0.05) is 25.5 Å². The number of benzene rings is 1. The van der Waals surface area contributed by atoms with E-state index in [2.05, 4.69) is 5.32 Å². The number of amides is 3. The summed E-state index contributed by atoms with van der Waals surface area (Å²) in [5, 5.41) is 2.71. The number of carbonyl (C=O) groups is 2. The van der Waals surface area contributed by atoms with Gasteiger partial charge in [0.05, 0.1) is 13.7 Å². The molecule has 6 nitrogen and oxygen atoms in total. The van der Waals surface area contributed by atoms with Gasteiger partial charge in [-0.05, 0) is 18.1 Å². The first kappa shape index (κ1) is 15.3. The number of carbonyl (C=O) groups excluding carboxylic acids is 2. The van der Waals surface area contributed by atoms with Crippen LogP contribution in [-0.4, -0.2) is 30.0 Å². The van der Waals surface area contributed by atoms with E-state index in [0.717, 1.165) is 17.5 Å². The summed E-state index contributed by atoms with van der Waals surface area (Å²) in [7, 11) is 1.57. The Morgan fingerprint density at radius 3 is 2.76 bits per heavy atom. The molecule has 0 bridgehead atoms. The molecule has 1 unspecified atom stereocenters. The summed E-state index contributed by atoms with van der Waals surface area (Å²) in [6, 6.07) is 4.80. The Labute approximate surface area is 124 Å². The Kier molecular flexibility index (Phi) is 4.80. The smallest absolute Gasteiger partial charge is 0.325 e. The molecule has 0 radical (unpaired) electrons. The van der Waals surface area contributed by atoms with Crippen molar-refractivity contribution in [3.8, 4) is 5.75 Å². The van der Waals surface area contributed by atoms with Crippen LogP contribution in [-0.2, 0) is 17.9 Å². The van der Waals surface area contributed by atoms with Crippen molar-refractivity contribution >= 4 is 11.9 Å². The van der Waals surface area contributed by atoms with Crippen LogP contribution in [0, 0.1) is 0 Å². The maximum Gasteiger partial charge on any atom is 0.325 e. The van der Waals surface area contributed by atoms with Crippen LogP contribution in [0.3, 0.4) is 0 Å². The summed E-state index contributed by atoms with van der Waals surface area (Å²) in [6.45, 7) is 2.61. The highest BCUT2D eigenvalue weighted by atomic mass is 16.5. The van der Waals surface area contributed by atoms with Crippen LogP contribution in [0.4, 0.5) is 4.79 Å². The predicted molar refractivity (Wildman–Crippen MR) is 78.7 cm³/mol. The first-order valence-corrected chi connectivity index (χ1v) is 7.08. The molecule has 2 rings (SSSR count). The molecule has 0 saturated carbocycles. The zero-order chi connectivity index (χ0) is 15.4. The number of nitrogens with zero attached hydrogens (tertiary/aromatic N) is 1. The van der Waals surface area contributed by atoms with Crippen molar-refractivity contribution in [3.63, 3.8) is 0 Å². The van der Waals surface area contributed by atoms with E-state index in [0.29, 0.717) is 18.7 Å². The molecule has 6 heteroatoms. The number of rotatable bonds is 6. The van der Waals surface area contributed by atoms with Gasteiger partial charge in [-0.15, -0.1) is 0 Å². The van der Waals surface area contributed by atoms with Gasteiger partial charge in [0.25, 0.3) is 5.91 Å². The van der Waals surface area contributed by atoms with Crippen LogP contribution in [0.2, 0.25) is 0 Å². The Morgan fingerprint density at radius 1 is 1.38 bits per heavy atom. The van der Waals surface area contributed by atoms with Gasteiger partial charge in [0.1, 0.15) is 11.8 Å². The van der Waals surface area contributed by atoms with Crippen molar-refractivity contribution in [1.29, 1.82) is 0 Å². The maximum atomic E-state index is 12.2. The average molecular weight is 291 g/mol. The molecule has 21 heavy (non-hydrogen) atoms. The van der Waals surface area contributed by atoms with Crippen molar-refractivity contribution in [2.45, 2.75) is 38.9 Å². The van der Waals surface area contributed by atoms with E-state index in [-0.39, 0.29) is 18.5 Å². The Balaban J connectivity index is 2.14. The number of hydrogen-bond donors (Lipinski definition) is 2. The molecule has 3 N–H and O–H groups in total. The Morgan fingerprint density at radius 2 is 2.14 bits per heavy atom. The quantitative estimate of drug-likeness (QED) is 0.775. The molecule has 1 heterocycles. The molecule has 0 aromatic heterocycles. The lowest BCUT2D eigenvalue weighted by Crippen LogP contribution is -2.31. The van der Waals surface area contributed by atoms with Crippen LogP contribution in [0.15, 0.2) is 18.2 Å². The Bertz CT molecular complexity index is 545. The monoisotopic (exact) mass is 291 g/mol. The zero-order valence-electron chi connectivity index (χ0n) is 12.4. The molecule has 3 amide bonds. The van der Waals surface area contributed by atoms with Crippen molar-refractivity contribution in [2.75, 3.05) is 7.11 Å². The fourth-order valence-electron chi connectivity index (χ4n) is 2.45. The van der Waals surface area contributed by atoms with Gasteiger partial charge in [-0.2, -0.15) is 0 Å². The Hall–Kier alpha value is -2.08. The lowest BCUT2D eigenvalue weighted by atomic mass is 10.1. The van der Waals surface area contributed by atoms with Crippen molar-refractivity contribution in [1.82, 2.24) is 10.2 Å². The highest BCUT2D eigenvalue weighted by Gasteiger charge is 2.37. The molecule has 1 atom stereocenters. The maximum absolute atomic E-state index is 12.2. The molecular formula is C15H21N3O3. The molecule has 1 aliphatic heterocycles. The van der Waals surface area contributed by atoms with E-state index in [1.165, 1.54) is 4.90 Å². The number of imide groups is 1. The largest absolute Gasteiger partial charge is 0.496 e. The van der Waals surface area contributed by atoms with E-state index in [4.69, 9.17) is 10.5 Å². The fourth-order valence-corrected chi connectivity index (χ4v) is 2.45. The summed E-state index contributed by atoms with van der Waals surface area (Å²) >= 11 is 0. The number of methoxy groups -OCH3 is 1. The number of ether oxygens (including phenoxy) is 1. The van der Waals surface area contributed by atoms with Crippen molar-refractivity contribution in [2.24, 2.45) is 5.73 Å². The van der Waals surface area contributed by atoms with E-state index in [1.807, 2.05) is 25.1 Å². The minimum absolute atomic E-state index is 0.163. The number of nitrogens with two attached hydrogens (primary N) is 1. The summed E-state index contributed by atoms with van der Waals surface area (Å²) in [5.74, 6) is 0.510. The van der Waals surface area contributed by atoms with Gasteiger partial charge in [-0.25, -0.2) is 4.79 Å². The van der Waals surface area contributed by atoms with Gasteiger partial charge in [0.15, 0.2) is 0 Å². The molecule has 1 aromatic rings. The van der Waals surface area contributed by atoms with Gasteiger partial charge < -0.3 is 15.8 Å². The van der Waals surface area contributed by atoms with Crippen molar-refractivity contribution < 1.29 is 14.3 Å². The molecule has 0 spiro atoms. The standard InChI is InChI=1S/C15H21N3O3/c1-3-4-12-14(19)18(15(20)17-12)9-10-5-6-11(8-16)13(7-10)21-2/h5-7,12H,3-4,8-9,16H2,1-2H3,(H,17,20). The van der Waals surface area contributed by atoms with Crippen LogP contribution in [0.25, 0.3) is 0 Å². The minimum Gasteiger partial charge on any atom is -0.496 e. The lowest BCUT2D eigenvalue weighted by Gasteiger charge is -2.15. The summed E-state index contributed by atoms with van der Waals surface area (Å²) in [5.41, 5.74) is 7.36. The number of hydrogen-bond acceptors (Lipinski definition) is 4. The predicted octanol–water partition coefficient (Wildman–Crippen LogP) is 1.37. The third kappa shape index (κ3) is 3.16. The molecule has 0 aliphatic carbocycles. The third-order valence-electron chi connectivity index (χ3n) is 3.60. The summed E-state index contributed by atoms with van der Waals surface area (Å²) in [4.78, 5) is 25.3. The molecule has 1 saturated heterocycles. The minimum atomic E-state index is -0.396. The molecule has 1 aliphatic rings.